The molecular formula is C17H20FN. The molecule has 1 nitrogen and oxygen atoms in total. The van der Waals surface area contributed by atoms with Gasteiger partial charge in [-0.1, -0.05) is 42.3 Å². The molecule has 0 aliphatic carbocycles. The number of benzene rings is 2. The predicted molar refractivity (Wildman–Crippen MR) is 78.7 cm³/mol. The van der Waals surface area contributed by atoms with Crippen LogP contribution in [0.5, 0.6) is 0 Å². The molecule has 0 aliphatic heterocycles. The van der Waals surface area contributed by atoms with E-state index in [4.69, 9.17) is 0 Å². The second kappa shape index (κ2) is 5.98. The molecule has 0 radical (unpaired) electrons. The van der Waals surface area contributed by atoms with E-state index in [1.54, 1.807) is 6.07 Å². The summed E-state index contributed by atoms with van der Waals surface area (Å²) in [4.78, 5) is 0. The fourth-order valence-electron chi connectivity index (χ4n) is 2.30. The second-order valence-corrected chi connectivity index (χ2v) is 4.97. The first kappa shape index (κ1) is 13.8. The van der Waals surface area contributed by atoms with E-state index in [2.05, 4.69) is 18.3 Å². The van der Waals surface area contributed by atoms with Gasteiger partial charge in [-0.2, -0.15) is 0 Å². The smallest absolute Gasteiger partial charge is 0.131 e. The van der Waals surface area contributed by atoms with Crippen LogP contribution in [0.2, 0.25) is 0 Å². The van der Waals surface area contributed by atoms with Crippen molar-refractivity contribution in [2.45, 2.75) is 27.3 Å². The Hall–Kier alpha value is -1.67. The van der Waals surface area contributed by atoms with Crippen LogP contribution in [-0.4, -0.2) is 6.54 Å². The van der Waals surface area contributed by atoms with Gasteiger partial charge in [-0.05, 0) is 43.7 Å². The van der Waals surface area contributed by atoms with Crippen LogP contribution in [0, 0.1) is 19.7 Å². The summed E-state index contributed by atoms with van der Waals surface area (Å²) in [6, 6.07) is 11.5. The summed E-state index contributed by atoms with van der Waals surface area (Å²) in [7, 11) is 0. The molecule has 2 heteroatoms. The molecule has 0 spiro atoms. The van der Waals surface area contributed by atoms with Crippen molar-refractivity contribution in [3.63, 3.8) is 0 Å². The first-order chi connectivity index (χ1) is 9.10. The predicted octanol–water partition coefficient (Wildman–Crippen LogP) is 4.22. The summed E-state index contributed by atoms with van der Waals surface area (Å²) in [6.07, 6.45) is 0. The van der Waals surface area contributed by atoms with Crippen LogP contribution in [0.1, 0.15) is 23.6 Å². The lowest BCUT2D eigenvalue weighted by Crippen LogP contribution is -2.11. The zero-order chi connectivity index (χ0) is 13.8. The second-order valence-electron chi connectivity index (χ2n) is 4.97. The van der Waals surface area contributed by atoms with E-state index in [1.165, 1.54) is 0 Å². The zero-order valence-electron chi connectivity index (χ0n) is 11.8. The van der Waals surface area contributed by atoms with Crippen molar-refractivity contribution in [1.29, 1.82) is 0 Å². The van der Waals surface area contributed by atoms with Crippen LogP contribution < -0.4 is 5.32 Å². The van der Waals surface area contributed by atoms with E-state index >= 15 is 0 Å². The van der Waals surface area contributed by atoms with Gasteiger partial charge >= 0.3 is 0 Å². The highest BCUT2D eigenvalue weighted by molar-refractivity contribution is 5.66. The number of hydrogen-bond donors (Lipinski definition) is 1. The van der Waals surface area contributed by atoms with Crippen molar-refractivity contribution in [3.05, 3.63) is 58.9 Å². The number of aryl methyl sites for hydroxylation is 2. The maximum Gasteiger partial charge on any atom is 0.131 e. The molecule has 0 aromatic heterocycles. The SMILES string of the molecule is CCNCc1ccc(F)c(-c2cc(C)cc(C)c2)c1. The third kappa shape index (κ3) is 3.42. The topological polar surface area (TPSA) is 12.0 Å². The van der Waals surface area contributed by atoms with Gasteiger partial charge in [-0.15, -0.1) is 0 Å². The van der Waals surface area contributed by atoms with Gasteiger partial charge in [0.2, 0.25) is 0 Å². The summed E-state index contributed by atoms with van der Waals surface area (Å²) in [5.74, 6) is -0.162. The zero-order valence-corrected chi connectivity index (χ0v) is 11.8. The standard InChI is InChI=1S/C17H20FN/c1-4-19-11-14-5-6-17(18)16(10-14)15-8-12(2)7-13(3)9-15/h5-10,19H,4,11H2,1-3H3. The molecule has 0 saturated heterocycles. The highest BCUT2D eigenvalue weighted by Crippen LogP contribution is 2.26. The molecule has 0 atom stereocenters. The van der Waals surface area contributed by atoms with Crippen molar-refractivity contribution < 1.29 is 4.39 Å². The molecule has 100 valence electrons. The quantitative estimate of drug-likeness (QED) is 0.864. The van der Waals surface area contributed by atoms with Crippen LogP contribution in [0.25, 0.3) is 11.1 Å². The normalized spacial score (nSPS) is 10.7. The van der Waals surface area contributed by atoms with Crippen molar-refractivity contribution in [2.24, 2.45) is 0 Å². The van der Waals surface area contributed by atoms with E-state index in [0.717, 1.165) is 35.3 Å². The van der Waals surface area contributed by atoms with Gasteiger partial charge in [0.15, 0.2) is 0 Å². The van der Waals surface area contributed by atoms with Gasteiger partial charge in [-0.3, -0.25) is 0 Å². The molecule has 2 aromatic carbocycles. The Kier molecular flexibility index (Phi) is 4.33. The van der Waals surface area contributed by atoms with Gasteiger partial charge in [0.1, 0.15) is 5.82 Å². The number of rotatable bonds is 4. The Bertz CT molecular complexity index is 555. The van der Waals surface area contributed by atoms with E-state index in [9.17, 15) is 4.39 Å². The Morgan fingerprint density at radius 3 is 2.32 bits per heavy atom. The van der Waals surface area contributed by atoms with E-state index in [-0.39, 0.29) is 5.82 Å². The Morgan fingerprint density at radius 1 is 1.00 bits per heavy atom. The molecule has 0 aliphatic rings. The van der Waals surface area contributed by atoms with E-state index in [1.807, 2.05) is 38.1 Å². The Balaban J connectivity index is 2.42. The fraction of sp³-hybridized carbons (Fsp3) is 0.294. The van der Waals surface area contributed by atoms with Gasteiger partial charge in [-0.25, -0.2) is 4.39 Å². The van der Waals surface area contributed by atoms with Gasteiger partial charge < -0.3 is 5.32 Å². The van der Waals surface area contributed by atoms with Crippen molar-refractivity contribution in [1.82, 2.24) is 5.32 Å². The average molecular weight is 257 g/mol. The Morgan fingerprint density at radius 2 is 1.68 bits per heavy atom. The highest BCUT2D eigenvalue weighted by Gasteiger charge is 2.07. The summed E-state index contributed by atoms with van der Waals surface area (Å²) < 4.78 is 14.0. The van der Waals surface area contributed by atoms with Gasteiger partial charge in [0.25, 0.3) is 0 Å². The third-order valence-corrected chi connectivity index (χ3v) is 3.14. The summed E-state index contributed by atoms with van der Waals surface area (Å²) in [5, 5.41) is 3.26. The van der Waals surface area contributed by atoms with Crippen LogP contribution in [0.15, 0.2) is 36.4 Å². The molecular weight excluding hydrogens is 237 g/mol. The molecule has 1 N–H and O–H groups in total. The van der Waals surface area contributed by atoms with Crippen LogP contribution in [-0.2, 0) is 6.54 Å². The summed E-state index contributed by atoms with van der Waals surface area (Å²) in [5.41, 5.74) is 5.06. The minimum Gasteiger partial charge on any atom is -0.313 e. The summed E-state index contributed by atoms with van der Waals surface area (Å²) >= 11 is 0. The fourth-order valence-corrected chi connectivity index (χ4v) is 2.30. The first-order valence-corrected chi connectivity index (χ1v) is 6.68. The van der Waals surface area contributed by atoms with Crippen molar-refractivity contribution >= 4 is 0 Å². The minimum absolute atomic E-state index is 0.162. The van der Waals surface area contributed by atoms with Crippen molar-refractivity contribution in [3.8, 4) is 11.1 Å². The van der Waals surface area contributed by atoms with Gasteiger partial charge in [0, 0.05) is 12.1 Å². The average Bonchev–Trinajstić information content (AvgIpc) is 2.36. The largest absolute Gasteiger partial charge is 0.313 e. The van der Waals surface area contributed by atoms with E-state index in [0.29, 0.717) is 5.56 Å². The van der Waals surface area contributed by atoms with E-state index < -0.39 is 0 Å². The van der Waals surface area contributed by atoms with Gasteiger partial charge in [0.05, 0.1) is 0 Å². The monoisotopic (exact) mass is 257 g/mol. The lowest BCUT2D eigenvalue weighted by atomic mass is 9.98. The number of hydrogen-bond acceptors (Lipinski definition) is 1. The van der Waals surface area contributed by atoms with Crippen LogP contribution in [0.4, 0.5) is 4.39 Å². The number of nitrogens with one attached hydrogen (secondary N) is 1. The number of halogens is 1. The third-order valence-electron chi connectivity index (χ3n) is 3.14. The molecule has 0 unspecified atom stereocenters. The lowest BCUT2D eigenvalue weighted by molar-refractivity contribution is 0.629. The molecule has 0 heterocycles. The first-order valence-electron chi connectivity index (χ1n) is 6.68. The summed E-state index contributed by atoms with van der Waals surface area (Å²) in [6.45, 7) is 7.83. The molecule has 2 aromatic rings. The molecule has 19 heavy (non-hydrogen) atoms. The molecule has 0 amide bonds. The highest BCUT2D eigenvalue weighted by atomic mass is 19.1. The molecule has 0 saturated carbocycles. The lowest BCUT2D eigenvalue weighted by Gasteiger charge is -2.09. The minimum atomic E-state index is -0.162. The maximum atomic E-state index is 14.0. The maximum absolute atomic E-state index is 14.0. The molecule has 2 rings (SSSR count). The van der Waals surface area contributed by atoms with Crippen molar-refractivity contribution in [2.75, 3.05) is 6.54 Å². The van der Waals surface area contributed by atoms with Crippen LogP contribution in [0.3, 0.4) is 0 Å². The molecule has 0 bridgehead atoms. The van der Waals surface area contributed by atoms with Crippen LogP contribution >= 0.6 is 0 Å². The molecule has 0 fully saturated rings. The Labute approximate surface area is 114 Å².